The van der Waals surface area contributed by atoms with Gasteiger partial charge in [0, 0.05) is 12.8 Å². The Balaban J connectivity index is 1.98. The molecule has 1 heterocycles. The zero-order chi connectivity index (χ0) is 15.3. The second-order valence-corrected chi connectivity index (χ2v) is 7.54. The predicted molar refractivity (Wildman–Crippen MR) is 82.6 cm³/mol. The highest BCUT2D eigenvalue weighted by Crippen LogP contribution is 2.20. The van der Waals surface area contributed by atoms with E-state index in [2.05, 4.69) is 22.4 Å². The molecule has 0 amide bonds. The second-order valence-electron chi connectivity index (χ2n) is 4.46. The van der Waals surface area contributed by atoms with Crippen LogP contribution in [0.5, 0.6) is 5.75 Å². The van der Waals surface area contributed by atoms with Gasteiger partial charge in [-0.05, 0) is 24.6 Å². The number of nitrogens with zero attached hydrogens (tertiary/aromatic N) is 2. The van der Waals surface area contributed by atoms with Gasteiger partial charge in [0.2, 0.25) is 5.13 Å². The number of rotatable bonds is 7. The van der Waals surface area contributed by atoms with Crippen LogP contribution in [0.15, 0.2) is 29.2 Å². The zero-order valence-electron chi connectivity index (χ0n) is 11.9. The van der Waals surface area contributed by atoms with Crippen molar-refractivity contribution < 1.29 is 13.2 Å². The van der Waals surface area contributed by atoms with E-state index in [-0.39, 0.29) is 11.5 Å². The Morgan fingerprint density at radius 3 is 2.86 bits per heavy atom. The molecule has 0 aliphatic heterocycles. The van der Waals surface area contributed by atoms with Crippen LogP contribution in [0, 0.1) is 0 Å². The number of aromatic nitrogens is 2. The van der Waals surface area contributed by atoms with Gasteiger partial charge in [-0.2, -0.15) is 0 Å². The molecule has 1 aromatic carbocycles. The maximum atomic E-state index is 11.5. The van der Waals surface area contributed by atoms with E-state index in [1.165, 1.54) is 23.7 Å². The van der Waals surface area contributed by atoms with Crippen LogP contribution in [0.3, 0.4) is 0 Å². The Morgan fingerprint density at radius 2 is 2.14 bits per heavy atom. The average molecular weight is 327 g/mol. The van der Waals surface area contributed by atoms with Gasteiger partial charge in [0.15, 0.2) is 14.8 Å². The summed E-state index contributed by atoms with van der Waals surface area (Å²) in [5, 5.41) is 12.7. The summed E-state index contributed by atoms with van der Waals surface area (Å²) in [5.74, 6) is 0.496. The summed E-state index contributed by atoms with van der Waals surface area (Å²) in [7, 11) is -3.23. The molecule has 0 radical (unpaired) electrons. The van der Waals surface area contributed by atoms with Crippen LogP contribution in [-0.2, 0) is 16.4 Å². The molecule has 6 nitrogen and oxygen atoms in total. The molecule has 114 valence electrons. The van der Waals surface area contributed by atoms with E-state index in [9.17, 15) is 8.42 Å². The summed E-state index contributed by atoms with van der Waals surface area (Å²) < 4.78 is 28.5. The normalized spacial score (nSPS) is 11.3. The highest BCUT2D eigenvalue weighted by atomic mass is 32.2. The van der Waals surface area contributed by atoms with Crippen LogP contribution in [0.2, 0.25) is 0 Å². The summed E-state index contributed by atoms with van der Waals surface area (Å²) in [4.78, 5) is 0.238. The summed E-state index contributed by atoms with van der Waals surface area (Å²) >= 11 is 1.43. The molecule has 0 fully saturated rings. The quantitative estimate of drug-likeness (QED) is 0.840. The zero-order valence-corrected chi connectivity index (χ0v) is 13.5. The van der Waals surface area contributed by atoms with E-state index in [1.807, 2.05) is 0 Å². The van der Waals surface area contributed by atoms with E-state index >= 15 is 0 Å². The van der Waals surface area contributed by atoms with Gasteiger partial charge in [-0.25, -0.2) is 8.42 Å². The van der Waals surface area contributed by atoms with Crippen molar-refractivity contribution in [3.8, 4) is 5.75 Å². The number of hydrogen-bond donors (Lipinski definition) is 1. The van der Waals surface area contributed by atoms with Gasteiger partial charge < -0.3 is 10.1 Å². The molecule has 2 aromatic rings. The molecule has 0 bridgehead atoms. The minimum absolute atomic E-state index is 0.238. The topological polar surface area (TPSA) is 81.2 Å². The van der Waals surface area contributed by atoms with E-state index < -0.39 is 9.84 Å². The Morgan fingerprint density at radius 1 is 1.33 bits per heavy atom. The molecule has 0 saturated carbocycles. The molecule has 0 aliphatic carbocycles. The van der Waals surface area contributed by atoms with Crippen molar-refractivity contribution in [2.75, 3.05) is 18.1 Å². The Labute approximate surface area is 128 Å². The molecule has 0 saturated heterocycles. The molecule has 2 rings (SSSR count). The van der Waals surface area contributed by atoms with Gasteiger partial charge in [-0.15, -0.1) is 10.2 Å². The predicted octanol–water partition coefficient (Wildman–Crippen LogP) is 2.34. The lowest BCUT2D eigenvalue weighted by atomic mass is 10.3. The Hall–Kier alpha value is -1.67. The maximum Gasteiger partial charge on any atom is 0.205 e. The van der Waals surface area contributed by atoms with Crippen molar-refractivity contribution in [1.29, 1.82) is 0 Å². The lowest BCUT2D eigenvalue weighted by Crippen LogP contribution is -1.99. The van der Waals surface area contributed by atoms with E-state index in [0.717, 1.165) is 23.1 Å². The van der Waals surface area contributed by atoms with Crippen LogP contribution < -0.4 is 10.1 Å². The molecule has 0 aliphatic rings. The molecule has 8 heteroatoms. The van der Waals surface area contributed by atoms with Crippen LogP contribution >= 0.6 is 11.3 Å². The van der Waals surface area contributed by atoms with Crippen molar-refractivity contribution >= 4 is 26.3 Å². The first-order chi connectivity index (χ1) is 9.99. The van der Waals surface area contributed by atoms with Gasteiger partial charge in [0.25, 0.3) is 0 Å². The van der Waals surface area contributed by atoms with Gasteiger partial charge in [0.1, 0.15) is 12.4 Å². The van der Waals surface area contributed by atoms with E-state index in [4.69, 9.17) is 4.74 Å². The number of benzene rings is 1. The molecule has 0 atom stereocenters. The first kappa shape index (κ1) is 15.7. The molecular formula is C13H17N3O3S2. The molecule has 1 N–H and O–H groups in total. The first-order valence-corrected chi connectivity index (χ1v) is 9.19. The average Bonchev–Trinajstić information content (AvgIpc) is 2.90. The smallest absolute Gasteiger partial charge is 0.205 e. The minimum Gasteiger partial charge on any atom is -0.486 e. The maximum absolute atomic E-state index is 11.5. The van der Waals surface area contributed by atoms with Crippen LogP contribution in [0.25, 0.3) is 0 Å². The number of nitrogens with one attached hydrogen (secondary N) is 1. The van der Waals surface area contributed by atoms with Crippen molar-refractivity contribution in [2.24, 2.45) is 0 Å². The third kappa shape index (κ3) is 4.68. The largest absolute Gasteiger partial charge is 0.486 e. The van der Waals surface area contributed by atoms with Crippen LogP contribution in [0.1, 0.15) is 18.4 Å². The standard InChI is InChI=1S/C13H17N3O3S2/c1-3-7-14-13-16-15-12(20-13)9-19-10-5-4-6-11(8-10)21(2,17)18/h4-6,8H,3,7,9H2,1-2H3,(H,14,16). The fourth-order valence-corrected chi connectivity index (χ4v) is 2.89. The van der Waals surface area contributed by atoms with Gasteiger partial charge >= 0.3 is 0 Å². The van der Waals surface area contributed by atoms with Crippen molar-refractivity contribution in [2.45, 2.75) is 24.8 Å². The third-order valence-corrected chi connectivity index (χ3v) is 4.55. The highest BCUT2D eigenvalue weighted by Gasteiger charge is 2.09. The van der Waals surface area contributed by atoms with Crippen molar-refractivity contribution in [3.63, 3.8) is 0 Å². The first-order valence-electron chi connectivity index (χ1n) is 6.48. The van der Waals surface area contributed by atoms with Crippen LogP contribution in [-0.4, -0.2) is 31.4 Å². The molecule has 0 spiro atoms. The van der Waals surface area contributed by atoms with Gasteiger partial charge in [-0.3, -0.25) is 0 Å². The summed E-state index contributed by atoms with van der Waals surface area (Å²) in [5.41, 5.74) is 0. The third-order valence-electron chi connectivity index (χ3n) is 2.59. The Bertz CT molecular complexity index is 698. The van der Waals surface area contributed by atoms with E-state index in [1.54, 1.807) is 18.2 Å². The number of sulfone groups is 1. The highest BCUT2D eigenvalue weighted by molar-refractivity contribution is 7.90. The second kappa shape index (κ2) is 6.86. The molecule has 1 aromatic heterocycles. The van der Waals surface area contributed by atoms with E-state index in [0.29, 0.717) is 5.75 Å². The fourth-order valence-electron chi connectivity index (χ4n) is 1.56. The molecular weight excluding hydrogens is 310 g/mol. The lowest BCUT2D eigenvalue weighted by molar-refractivity contribution is 0.303. The van der Waals surface area contributed by atoms with Gasteiger partial charge in [-0.1, -0.05) is 24.3 Å². The minimum atomic E-state index is -3.23. The number of anilines is 1. The summed E-state index contributed by atoms with van der Waals surface area (Å²) in [6, 6.07) is 6.42. The molecule has 21 heavy (non-hydrogen) atoms. The van der Waals surface area contributed by atoms with Crippen molar-refractivity contribution in [3.05, 3.63) is 29.3 Å². The lowest BCUT2D eigenvalue weighted by Gasteiger charge is -2.05. The summed E-state index contributed by atoms with van der Waals surface area (Å²) in [6.45, 7) is 3.19. The number of ether oxygens (including phenoxy) is 1. The number of hydrogen-bond acceptors (Lipinski definition) is 7. The monoisotopic (exact) mass is 327 g/mol. The SMILES string of the molecule is CCCNc1nnc(COc2cccc(S(C)(=O)=O)c2)s1. The summed E-state index contributed by atoms with van der Waals surface area (Å²) in [6.07, 6.45) is 2.19. The van der Waals surface area contributed by atoms with Gasteiger partial charge in [0.05, 0.1) is 4.90 Å². The van der Waals surface area contributed by atoms with Crippen LogP contribution in [0.4, 0.5) is 5.13 Å². The fraction of sp³-hybridized carbons (Fsp3) is 0.385. The Kier molecular flexibility index (Phi) is 5.13. The molecule has 0 unspecified atom stereocenters. The van der Waals surface area contributed by atoms with Crippen molar-refractivity contribution in [1.82, 2.24) is 10.2 Å².